The molecule has 34 heavy (non-hydrogen) atoms. The van der Waals surface area contributed by atoms with Gasteiger partial charge in [-0.2, -0.15) is 13.2 Å². The third-order valence-electron chi connectivity index (χ3n) is 4.95. The molecule has 4 rings (SSSR count). The Morgan fingerprint density at radius 3 is 2.44 bits per heavy atom. The first-order valence-corrected chi connectivity index (χ1v) is 12.2. The fourth-order valence-electron chi connectivity index (χ4n) is 3.53. The molecule has 1 aliphatic rings. The van der Waals surface area contributed by atoms with Crippen LogP contribution in [-0.4, -0.2) is 23.2 Å². The van der Waals surface area contributed by atoms with Gasteiger partial charge in [0.15, 0.2) is 22.3 Å². The zero-order chi connectivity index (χ0) is 24.5. The van der Waals surface area contributed by atoms with E-state index in [0.29, 0.717) is 29.6 Å². The van der Waals surface area contributed by atoms with E-state index in [9.17, 15) is 13.2 Å². The third kappa shape index (κ3) is 5.83. The fraction of sp³-hybridized carbons (Fsp3) is 0.318. The first-order valence-electron chi connectivity index (χ1n) is 10.2. The van der Waals surface area contributed by atoms with Gasteiger partial charge in [-0.1, -0.05) is 59.1 Å². The summed E-state index contributed by atoms with van der Waals surface area (Å²) in [5, 5.41) is 3.53. The van der Waals surface area contributed by atoms with E-state index in [-0.39, 0.29) is 39.1 Å². The zero-order valence-corrected chi connectivity index (χ0v) is 20.9. The number of hydrogen-bond donors (Lipinski definition) is 1. The maximum Gasteiger partial charge on any atom is 0.434 e. The van der Waals surface area contributed by atoms with Crippen molar-refractivity contribution in [1.82, 2.24) is 9.88 Å². The van der Waals surface area contributed by atoms with Crippen LogP contribution in [0.25, 0.3) is 0 Å². The van der Waals surface area contributed by atoms with Crippen molar-refractivity contribution in [2.24, 2.45) is 0 Å². The van der Waals surface area contributed by atoms with Crippen molar-refractivity contribution >= 4 is 57.0 Å². The van der Waals surface area contributed by atoms with Gasteiger partial charge in [-0.05, 0) is 42.8 Å². The molecule has 12 heteroatoms. The van der Waals surface area contributed by atoms with E-state index in [1.165, 1.54) is 12.1 Å². The van der Waals surface area contributed by atoms with Crippen LogP contribution in [0.2, 0.25) is 15.1 Å². The molecule has 0 aliphatic carbocycles. The Balaban J connectivity index is 1.59. The van der Waals surface area contributed by atoms with Crippen LogP contribution in [-0.2, 0) is 19.3 Å². The highest BCUT2D eigenvalue weighted by atomic mass is 35.5. The largest absolute Gasteiger partial charge is 0.454 e. The molecule has 0 atom stereocenters. The lowest BCUT2D eigenvalue weighted by molar-refractivity contribution is -0.141. The standard InChI is InChI=1S/C22H19Cl3F3N3O2S/c1-2-5-31(9-12-3-4-16-17(6-12)33-11-32-16)10-18-20(22(26,27)28)30-21(34-18)29-19-14(24)7-13(23)8-15(19)25/h3-4,6-8H,2,5,9-11H2,1H3,(H,29,30). The van der Waals surface area contributed by atoms with Gasteiger partial charge in [0.05, 0.1) is 20.6 Å². The number of thiazole rings is 1. The molecule has 2 heterocycles. The second kappa shape index (κ2) is 10.4. The van der Waals surface area contributed by atoms with Crippen LogP contribution < -0.4 is 14.8 Å². The van der Waals surface area contributed by atoms with E-state index < -0.39 is 11.9 Å². The quantitative estimate of drug-likeness (QED) is 0.307. The fourth-order valence-corrected chi connectivity index (χ4v) is 5.47. The molecule has 1 aliphatic heterocycles. The van der Waals surface area contributed by atoms with Gasteiger partial charge in [0, 0.05) is 18.1 Å². The average Bonchev–Trinajstić information content (AvgIpc) is 3.37. The number of nitrogens with zero attached hydrogens (tertiary/aromatic N) is 2. The van der Waals surface area contributed by atoms with Crippen molar-refractivity contribution in [2.75, 3.05) is 18.7 Å². The summed E-state index contributed by atoms with van der Waals surface area (Å²) in [5.74, 6) is 1.29. The normalized spacial score (nSPS) is 13.1. The van der Waals surface area contributed by atoms with E-state index in [0.717, 1.165) is 23.3 Å². The van der Waals surface area contributed by atoms with E-state index in [4.69, 9.17) is 44.3 Å². The van der Waals surface area contributed by atoms with Crippen LogP contribution in [0.15, 0.2) is 30.3 Å². The Bertz CT molecular complexity index is 1170. The molecule has 2 aromatic carbocycles. The summed E-state index contributed by atoms with van der Waals surface area (Å²) in [7, 11) is 0. The van der Waals surface area contributed by atoms with Crippen molar-refractivity contribution in [3.63, 3.8) is 0 Å². The number of aromatic nitrogens is 1. The number of alkyl halides is 3. The van der Waals surface area contributed by atoms with Gasteiger partial charge >= 0.3 is 6.18 Å². The Kier molecular flexibility index (Phi) is 7.69. The molecule has 0 amide bonds. The Morgan fingerprint density at radius 1 is 1.06 bits per heavy atom. The maximum atomic E-state index is 13.8. The average molecular weight is 553 g/mol. The SMILES string of the molecule is CCCN(Cc1ccc2c(c1)OCO2)Cc1sc(Nc2c(Cl)cc(Cl)cc2Cl)nc1C(F)(F)F. The van der Waals surface area contributed by atoms with Crippen LogP contribution >= 0.6 is 46.1 Å². The number of anilines is 2. The molecule has 0 fully saturated rings. The van der Waals surface area contributed by atoms with E-state index in [1.807, 2.05) is 24.0 Å². The minimum absolute atomic E-state index is 0.0352. The van der Waals surface area contributed by atoms with Crippen molar-refractivity contribution in [1.29, 1.82) is 0 Å². The monoisotopic (exact) mass is 551 g/mol. The molecular formula is C22H19Cl3F3N3O2S. The summed E-state index contributed by atoms with van der Waals surface area (Å²) in [5.41, 5.74) is 0.217. The third-order valence-corrected chi connectivity index (χ3v) is 6.72. The maximum absolute atomic E-state index is 13.8. The van der Waals surface area contributed by atoms with E-state index in [1.54, 1.807) is 6.07 Å². The summed E-state index contributed by atoms with van der Waals surface area (Å²) >= 11 is 19.2. The van der Waals surface area contributed by atoms with Gasteiger partial charge in [0.1, 0.15) is 0 Å². The van der Waals surface area contributed by atoms with Crippen molar-refractivity contribution in [3.8, 4) is 11.5 Å². The second-order valence-electron chi connectivity index (χ2n) is 7.56. The lowest BCUT2D eigenvalue weighted by Gasteiger charge is -2.22. The molecule has 182 valence electrons. The predicted octanol–water partition coefficient (Wildman–Crippen LogP) is 8.01. The molecule has 0 bridgehead atoms. The number of ether oxygens (including phenoxy) is 2. The van der Waals surface area contributed by atoms with Gasteiger partial charge in [-0.15, -0.1) is 0 Å². The summed E-state index contributed by atoms with van der Waals surface area (Å²) in [6, 6.07) is 8.43. The molecule has 3 aromatic rings. The minimum atomic E-state index is -4.62. The van der Waals surface area contributed by atoms with Crippen LogP contribution in [0, 0.1) is 0 Å². The molecule has 5 nitrogen and oxygen atoms in total. The summed E-state index contributed by atoms with van der Waals surface area (Å²) in [4.78, 5) is 5.84. The number of nitrogens with one attached hydrogen (secondary N) is 1. The zero-order valence-electron chi connectivity index (χ0n) is 17.8. The molecule has 0 spiro atoms. The molecule has 1 N–H and O–H groups in total. The topological polar surface area (TPSA) is 46.6 Å². The first-order chi connectivity index (χ1) is 16.1. The second-order valence-corrected chi connectivity index (χ2v) is 9.89. The Hall–Kier alpha value is -1.91. The number of hydrogen-bond acceptors (Lipinski definition) is 6. The van der Waals surface area contributed by atoms with E-state index >= 15 is 0 Å². The molecular weight excluding hydrogens is 534 g/mol. The van der Waals surface area contributed by atoms with Crippen LogP contribution in [0.5, 0.6) is 11.5 Å². The Morgan fingerprint density at radius 2 is 1.76 bits per heavy atom. The highest BCUT2D eigenvalue weighted by Gasteiger charge is 2.38. The van der Waals surface area contributed by atoms with E-state index in [2.05, 4.69) is 10.3 Å². The smallest absolute Gasteiger partial charge is 0.434 e. The highest BCUT2D eigenvalue weighted by molar-refractivity contribution is 7.15. The first kappa shape index (κ1) is 25.2. The lowest BCUT2D eigenvalue weighted by Crippen LogP contribution is -2.24. The van der Waals surface area contributed by atoms with Crippen molar-refractivity contribution < 1.29 is 22.6 Å². The number of halogens is 6. The molecule has 0 radical (unpaired) electrons. The molecule has 0 saturated carbocycles. The number of fused-ring (bicyclic) bond motifs is 1. The van der Waals surface area contributed by atoms with Gasteiger partial charge in [-0.3, -0.25) is 4.90 Å². The predicted molar refractivity (Wildman–Crippen MR) is 129 cm³/mol. The van der Waals surface area contributed by atoms with Crippen LogP contribution in [0.3, 0.4) is 0 Å². The van der Waals surface area contributed by atoms with Crippen molar-refractivity contribution in [2.45, 2.75) is 32.6 Å². The van der Waals surface area contributed by atoms with Gasteiger partial charge in [0.25, 0.3) is 0 Å². The summed E-state index contributed by atoms with van der Waals surface area (Å²) in [6.45, 7) is 3.24. The summed E-state index contributed by atoms with van der Waals surface area (Å²) < 4.78 is 52.2. The molecule has 0 unspecified atom stereocenters. The van der Waals surface area contributed by atoms with Gasteiger partial charge in [0.2, 0.25) is 6.79 Å². The summed E-state index contributed by atoms with van der Waals surface area (Å²) in [6.07, 6.45) is -3.85. The minimum Gasteiger partial charge on any atom is -0.454 e. The van der Waals surface area contributed by atoms with Gasteiger partial charge in [-0.25, -0.2) is 4.98 Å². The van der Waals surface area contributed by atoms with Crippen LogP contribution in [0.1, 0.15) is 29.5 Å². The number of rotatable bonds is 8. The van der Waals surface area contributed by atoms with Gasteiger partial charge < -0.3 is 14.8 Å². The Labute approximate surface area is 213 Å². The lowest BCUT2D eigenvalue weighted by atomic mass is 10.1. The number of benzene rings is 2. The molecule has 1 aromatic heterocycles. The molecule has 0 saturated heterocycles. The van der Waals surface area contributed by atoms with Crippen molar-refractivity contribution in [3.05, 3.63) is 61.5 Å². The highest BCUT2D eigenvalue weighted by Crippen LogP contribution is 2.41. The van der Waals surface area contributed by atoms with Crippen LogP contribution in [0.4, 0.5) is 24.0 Å².